The maximum absolute atomic E-state index is 13.9. The predicted octanol–water partition coefficient (Wildman–Crippen LogP) is -4.54. The summed E-state index contributed by atoms with van der Waals surface area (Å²) in [5.74, 6) is -13.5. The molecule has 11 atom stereocenters. The first kappa shape index (κ1) is 68.0. The minimum atomic E-state index is -1.95. The maximum atomic E-state index is 13.9. The molecule has 80 heavy (non-hydrogen) atoms. The van der Waals surface area contributed by atoms with E-state index in [-0.39, 0.29) is 31.6 Å². The maximum Gasteiger partial charge on any atom is 0.326 e. The van der Waals surface area contributed by atoms with Gasteiger partial charge in [0.15, 0.2) is 0 Å². The predicted molar refractivity (Wildman–Crippen MR) is 284 cm³/mol. The molecule has 10 amide bonds. The minimum absolute atomic E-state index is 0.0590. The number of amides is 10. The van der Waals surface area contributed by atoms with Gasteiger partial charge in [-0.15, -0.1) is 0 Å². The van der Waals surface area contributed by atoms with Crippen LogP contribution in [0.5, 0.6) is 0 Å². The highest BCUT2D eigenvalue weighted by Gasteiger charge is 2.37. The summed E-state index contributed by atoms with van der Waals surface area (Å²) in [6, 6.07) is 1.09. The summed E-state index contributed by atoms with van der Waals surface area (Å²) in [4.78, 5) is 157. The van der Waals surface area contributed by atoms with Gasteiger partial charge in [0, 0.05) is 25.7 Å². The Morgan fingerprint density at radius 1 is 0.463 bits per heavy atom. The zero-order valence-electron chi connectivity index (χ0n) is 45.4. The second-order valence-corrected chi connectivity index (χ2v) is 19.8. The van der Waals surface area contributed by atoms with Gasteiger partial charge in [0.1, 0.15) is 54.4 Å². The molecule has 0 fully saturated rings. The molecule has 0 bridgehead atoms. The lowest BCUT2D eigenvalue weighted by Gasteiger charge is -2.28. The van der Waals surface area contributed by atoms with Gasteiger partial charge < -0.3 is 84.9 Å². The Kier molecular flexibility index (Phi) is 28.9. The molecule has 0 heterocycles. The number of benzene rings is 2. The number of hydrogen-bond donors (Lipinski definition) is 16. The number of carbonyl (C=O) groups is 12. The number of hydrogen-bond acceptors (Lipinski definition) is 16. The van der Waals surface area contributed by atoms with E-state index >= 15 is 0 Å². The second-order valence-electron chi connectivity index (χ2n) is 19.8. The van der Waals surface area contributed by atoms with Crippen LogP contribution in [-0.4, -0.2) is 176 Å². The van der Waals surface area contributed by atoms with Crippen molar-refractivity contribution in [2.24, 2.45) is 23.3 Å². The van der Waals surface area contributed by atoms with Crippen LogP contribution in [0.4, 0.5) is 0 Å². The molecule has 2 rings (SSSR count). The number of nitrogens with two attached hydrogens (primary N) is 2. The zero-order valence-corrected chi connectivity index (χ0v) is 45.4. The molecule has 0 spiro atoms. The number of aliphatic hydroxyl groups excluding tert-OH is 3. The molecule has 0 aromatic heterocycles. The Balaban J connectivity index is 2.28. The fraction of sp³-hybridized carbons (Fsp3) is 0.538. The third kappa shape index (κ3) is 23.9. The molecular formula is C52H77N11O17. The fourth-order valence-corrected chi connectivity index (χ4v) is 7.63. The van der Waals surface area contributed by atoms with Crippen LogP contribution in [0.1, 0.15) is 84.8 Å². The van der Waals surface area contributed by atoms with Gasteiger partial charge in [-0.1, -0.05) is 88.4 Å². The van der Waals surface area contributed by atoms with Crippen molar-refractivity contribution in [3.63, 3.8) is 0 Å². The standard InChI is InChI=1S/C52H77N11O17/c1-26(2)21-34(48(75)62-41(27(3)4)52(79)80)58-47(74)36(23-31-15-11-8-12-16-31)59-49(76)37(24-64)60-50(77)38(25-65)61-51(78)42(29(6)66)63-45(72)33(18-19-39(54)67)56-43(70)28(5)55-46(73)35(22-30-13-9-7-10-14-30)57-44(71)32(53)17-20-40(68)69/h7-16,26-29,32-38,41-42,64-66H,17-25,53H2,1-6H3,(H2,54,67)(H,55,73)(H,56,70)(H,57,71)(H,58,74)(H,59,76)(H,60,77)(H,61,78)(H,62,75)(H,63,72)(H,68,69)(H,79,80)/t28-,29+,32-,33-,34-,35-,36-,37-,38-,41-,42-/m0/s1. The highest BCUT2D eigenvalue weighted by molar-refractivity contribution is 5.99. The molecule has 2 aromatic rings. The number of carboxylic acids is 2. The van der Waals surface area contributed by atoms with Gasteiger partial charge in [-0.25, -0.2) is 4.79 Å². The molecule has 0 saturated heterocycles. The lowest BCUT2D eigenvalue weighted by Crippen LogP contribution is -2.63. The van der Waals surface area contributed by atoms with Crippen LogP contribution in [0.2, 0.25) is 0 Å². The van der Waals surface area contributed by atoms with Crippen LogP contribution in [0.25, 0.3) is 0 Å². The average molecular weight is 1130 g/mol. The van der Waals surface area contributed by atoms with E-state index in [4.69, 9.17) is 16.6 Å². The minimum Gasteiger partial charge on any atom is -0.481 e. The van der Waals surface area contributed by atoms with Crippen LogP contribution in [0.15, 0.2) is 60.7 Å². The van der Waals surface area contributed by atoms with E-state index in [2.05, 4.69) is 47.9 Å². The topological polar surface area (TPSA) is 466 Å². The summed E-state index contributed by atoms with van der Waals surface area (Å²) in [5, 5.41) is 71.0. The van der Waals surface area contributed by atoms with Crippen molar-refractivity contribution in [2.75, 3.05) is 13.2 Å². The quantitative estimate of drug-likeness (QED) is 0.0309. The summed E-state index contributed by atoms with van der Waals surface area (Å²) in [6.45, 7) is 6.70. The molecule has 28 heteroatoms. The number of carboxylic acid groups (broad SMARTS) is 2. The molecule has 0 unspecified atom stereocenters. The van der Waals surface area contributed by atoms with Crippen molar-refractivity contribution in [3.8, 4) is 0 Å². The number of aliphatic carboxylic acids is 2. The van der Waals surface area contributed by atoms with Gasteiger partial charge >= 0.3 is 11.9 Å². The molecule has 28 nitrogen and oxygen atoms in total. The van der Waals surface area contributed by atoms with Crippen LogP contribution in [0, 0.1) is 11.8 Å². The summed E-state index contributed by atoms with van der Waals surface area (Å²) in [5.41, 5.74) is 12.3. The largest absolute Gasteiger partial charge is 0.481 e. The van der Waals surface area contributed by atoms with Gasteiger partial charge in [0.25, 0.3) is 0 Å². The van der Waals surface area contributed by atoms with E-state index in [0.717, 1.165) is 6.92 Å². The van der Waals surface area contributed by atoms with Crippen LogP contribution < -0.4 is 59.3 Å². The molecule has 2 aromatic carbocycles. The lowest BCUT2D eigenvalue weighted by molar-refractivity contribution is -0.143. The molecule has 0 radical (unpaired) electrons. The van der Waals surface area contributed by atoms with Crippen molar-refractivity contribution in [1.29, 1.82) is 0 Å². The van der Waals surface area contributed by atoms with Crippen molar-refractivity contribution in [2.45, 2.75) is 153 Å². The molecule has 0 aliphatic rings. The molecule has 442 valence electrons. The number of carbonyl (C=O) groups excluding carboxylic acids is 10. The first-order chi connectivity index (χ1) is 37.6. The van der Waals surface area contributed by atoms with Gasteiger partial charge in [-0.05, 0) is 56.1 Å². The molecule has 18 N–H and O–H groups in total. The number of nitrogens with one attached hydrogen (secondary N) is 9. The van der Waals surface area contributed by atoms with E-state index in [1.165, 1.54) is 6.92 Å². The third-order valence-electron chi connectivity index (χ3n) is 12.2. The van der Waals surface area contributed by atoms with Gasteiger partial charge in [0.2, 0.25) is 59.1 Å². The first-order valence-electron chi connectivity index (χ1n) is 25.8. The Bertz CT molecular complexity index is 2450. The van der Waals surface area contributed by atoms with E-state index in [1.54, 1.807) is 88.4 Å². The van der Waals surface area contributed by atoms with Gasteiger partial charge in [-0.3, -0.25) is 52.7 Å². The monoisotopic (exact) mass is 1130 g/mol. The SMILES string of the molecule is CC(C)C[C@H](NC(=O)[C@H](Cc1ccccc1)NC(=O)[C@H](CO)NC(=O)[C@H](CO)NC(=O)[C@@H](NC(=O)[C@H](CCC(N)=O)NC(=O)[C@H](C)NC(=O)[C@H](Cc1ccccc1)NC(=O)[C@@H](N)CCC(=O)O)[C@@H](C)O)C(=O)N[C@H](C(=O)O)C(C)C. The first-order valence-corrected chi connectivity index (χ1v) is 25.8. The molecule has 0 aliphatic heterocycles. The Labute approximate surface area is 462 Å². The van der Waals surface area contributed by atoms with Crippen LogP contribution >= 0.6 is 0 Å². The number of rotatable bonds is 35. The Hall–Kier alpha value is -8.08. The van der Waals surface area contributed by atoms with Gasteiger partial charge in [-0.2, -0.15) is 0 Å². The summed E-state index contributed by atoms with van der Waals surface area (Å²) < 4.78 is 0. The van der Waals surface area contributed by atoms with Gasteiger partial charge in [0.05, 0.1) is 25.4 Å². The molecule has 0 aliphatic carbocycles. The van der Waals surface area contributed by atoms with Crippen LogP contribution in [-0.2, 0) is 70.4 Å². The molecular weight excluding hydrogens is 1050 g/mol. The molecule has 0 saturated carbocycles. The average Bonchev–Trinajstić information content (AvgIpc) is 3.39. The third-order valence-corrected chi connectivity index (χ3v) is 12.2. The normalized spacial score (nSPS) is 15.2. The fourth-order valence-electron chi connectivity index (χ4n) is 7.63. The van der Waals surface area contributed by atoms with Crippen molar-refractivity contribution in [3.05, 3.63) is 71.8 Å². The zero-order chi connectivity index (χ0) is 60.4. The van der Waals surface area contributed by atoms with Crippen molar-refractivity contribution in [1.82, 2.24) is 47.9 Å². The van der Waals surface area contributed by atoms with Crippen LogP contribution in [0.3, 0.4) is 0 Å². The van der Waals surface area contributed by atoms with Crippen molar-refractivity contribution < 1.29 is 83.1 Å². The Morgan fingerprint density at radius 3 is 1.30 bits per heavy atom. The smallest absolute Gasteiger partial charge is 0.326 e. The second kappa shape index (κ2) is 34.0. The van der Waals surface area contributed by atoms with E-state index < -0.39 is 176 Å². The van der Waals surface area contributed by atoms with E-state index in [1.807, 2.05) is 0 Å². The summed E-state index contributed by atoms with van der Waals surface area (Å²) in [6.07, 6.45) is -3.65. The number of aliphatic hydroxyl groups is 3. The highest BCUT2D eigenvalue weighted by Crippen LogP contribution is 2.12. The lowest BCUT2D eigenvalue weighted by atomic mass is 9.99. The van der Waals surface area contributed by atoms with E-state index in [0.29, 0.717) is 11.1 Å². The summed E-state index contributed by atoms with van der Waals surface area (Å²) >= 11 is 0. The number of primary amides is 1. The summed E-state index contributed by atoms with van der Waals surface area (Å²) in [7, 11) is 0. The van der Waals surface area contributed by atoms with E-state index in [9.17, 15) is 78.0 Å². The Morgan fingerprint density at radius 2 is 0.863 bits per heavy atom. The van der Waals surface area contributed by atoms with Crippen molar-refractivity contribution >= 4 is 71.0 Å². The highest BCUT2D eigenvalue weighted by atomic mass is 16.4.